The number of pyridine rings is 3. The Labute approximate surface area is 234 Å². The van der Waals surface area contributed by atoms with E-state index in [1.54, 1.807) is 30.9 Å². The number of nitrogens with zero attached hydrogens (tertiary/aromatic N) is 4. The van der Waals surface area contributed by atoms with Crippen LogP contribution >= 0.6 is 0 Å². The highest BCUT2D eigenvalue weighted by atomic mass is 19.1. The molecule has 0 atom stereocenters. The van der Waals surface area contributed by atoms with Crippen LogP contribution in [0.2, 0.25) is 0 Å². The van der Waals surface area contributed by atoms with Crippen LogP contribution in [0.15, 0.2) is 73.3 Å². The smallest absolute Gasteiger partial charge is 0.224 e. The number of carbonyl (C=O) groups is 1. The third kappa shape index (κ3) is 5.05. The molecule has 0 unspecified atom stereocenters. The first kappa shape index (κ1) is 25.0. The Hall–Kier alpha value is -4.96. The average molecular weight is 547 g/mol. The molecular weight excluding hydrogens is 519 g/mol. The molecule has 1 aliphatic rings. The third-order valence-corrected chi connectivity index (χ3v) is 7.60. The third-order valence-electron chi connectivity index (χ3n) is 7.60. The van der Waals surface area contributed by atoms with Gasteiger partial charge in [-0.1, -0.05) is 12.1 Å². The van der Waals surface area contributed by atoms with Gasteiger partial charge in [-0.3, -0.25) is 24.8 Å². The van der Waals surface area contributed by atoms with Crippen LogP contribution in [0.4, 0.5) is 10.1 Å². The molecule has 0 bridgehead atoms. The lowest BCUT2D eigenvalue weighted by Gasteiger charge is -2.21. The molecular formula is C31H27FN8O. The van der Waals surface area contributed by atoms with Crippen LogP contribution in [0.3, 0.4) is 0 Å². The highest BCUT2D eigenvalue weighted by molar-refractivity contribution is 6.00. The first-order chi connectivity index (χ1) is 20.1. The van der Waals surface area contributed by atoms with Gasteiger partial charge in [0.05, 0.1) is 40.7 Å². The molecule has 1 amide bonds. The maximum atomic E-state index is 13.9. The number of amides is 1. The van der Waals surface area contributed by atoms with Crippen LogP contribution < -0.4 is 10.6 Å². The van der Waals surface area contributed by atoms with Crippen molar-refractivity contribution in [2.75, 3.05) is 18.4 Å². The van der Waals surface area contributed by atoms with Crippen molar-refractivity contribution in [1.82, 2.24) is 35.5 Å². The zero-order valence-corrected chi connectivity index (χ0v) is 22.1. The van der Waals surface area contributed by atoms with Crippen molar-refractivity contribution >= 4 is 33.4 Å². The molecule has 1 aromatic carbocycles. The van der Waals surface area contributed by atoms with Gasteiger partial charge in [0, 0.05) is 46.2 Å². The van der Waals surface area contributed by atoms with E-state index in [9.17, 15) is 9.18 Å². The van der Waals surface area contributed by atoms with Gasteiger partial charge in [-0.2, -0.15) is 5.10 Å². The predicted molar refractivity (Wildman–Crippen MR) is 156 cm³/mol. The standard InChI is InChI=1S/C31H27FN8O/c32-21-3-1-2-19(11-21)30-23-14-27(38-25(23)6-9-35-30)31-24-13-26(36-17-28(24)39-40-31)20-12-22(16-34-15-20)37-29(41)10-18-4-7-33-8-5-18/h1-3,6,9,11-18,33,38H,4-5,7-8,10H2,(H,37,41)(H,39,40). The lowest BCUT2D eigenvalue weighted by atomic mass is 9.94. The molecule has 0 spiro atoms. The molecule has 0 aliphatic carbocycles. The number of aromatic nitrogens is 6. The number of hydrogen-bond acceptors (Lipinski definition) is 6. The number of benzene rings is 1. The van der Waals surface area contributed by atoms with Crippen molar-refractivity contribution in [2.24, 2.45) is 5.92 Å². The van der Waals surface area contributed by atoms with Gasteiger partial charge in [0.2, 0.25) is 5.91 Å². The van der Waals surface area contributed by atoms with E-state index in [1.807, 2.05) is 30.3 Å². The Balaban J connectivity index is 1.19. The molecule has 0 saturated carbocycles. The molecule has 41 heavy (non-hydrogen) atoms. The molecule has 4 N–H and O–H groups in total. The van der Waals surface area contributed by atoms with Crippen LogP contribution in [-0.2, 0) is 4.79 Å². The monoisotopic (exact) mass is 546 g/mol. The molecule has 204 valence electrons. The first-order valence-corrected chi connectivity index (χ1v) is 13.6. The number of fused-ring (bicyclic) bond motifs is 2. The van der Waals surface area contributed by atoms with E-state index in [1.165, 1.54) is 12.1 Å². The van der Waals surface area contributed by atoms with Gasteiger partial charge in [-0.25, -0.2) is 4.39 Å². The summed E-state index contributed by atoms with van der Waals surface area (Å²) < 4.78 is 13.9. The normalized spacial score (nSPS) is 14.1. The van der Waals surface area contributed by atoms with Crippen molar-refractivity contribution in [3.05, 3.63) is 79.1 Å². The molecule has 0 radical (unpaired) electrons. The number of rotatable bonds is 6. The quantitative estimate of drug-likeness (QED) is 0.213. The van der Waals surface area contributed by atoms with E-state index in [0.29, 0.717) is 35.0 Å². The fraction of sp³-hybridized carbons (Fsp3) is 0.194. The second-order valence-electron chi connectivity index (χ2n) is 10.4. The van der Waals surface area contributed by atoms with Crippen molar-refractivity contribution in [3.8, 4) is 33.9 Å². The summed E-state index contributed by atoms with van der Waals surface area (Å²) >= 11 is 0. The molecule has 5 aromatic heterocycles. The van der Waals surface area contributed by atoms with Gasteiger partial charge < -0.3 is 15.6 Å². The summed E-state index contributed by atoms with van der Waals surface area (Å²) in [5, 5.41) is 15.7. The van der Waals surface area contributed by atoms with Crippen molar-refractivity contribution in [3.63, 3.8) is 0 Å². The summed E-state index contributed by atoms with van der Waals surface area (Å²) in [5.41, 5.74) is 6.71. The van der Waals surface area contributed by atoms with E-state index in [4.69, 9.17) is 0 Å². The largest absolute Gasteiger partial charge is 0.353 e. The molecule has 6 aromatic rings. The number of nitrogens with one attached hydrogen (secondary N) is 4. The summed E-state index contributed by atoms with van der Waals surface area (Å²) in [6.45, 7) is 1.92. The van der Waals surface area contributed by atoms with Gasteiger partial charge in [0.25, 0.3) is 0 Å². The minimum atomic E-state index is -0.310. The van der Waals surface area contributed by atoms with Crippen LogP contribution in [0.25, 0.3) is 55.7 Å². The van der Waals surface area contributed by atoms with E-state index < -0.39 is 0 Å². The molecule has 1 fully saturated rings. The van der Waals surface area contributed by atoms with Crippen LogP contribution in [0.5, 0.6) is 0 Å². The average Bonchev–Trinajstić information content (AvgIpc) is 3.61. The van der Waals surface area contributed by atoms with Crippen molar-refractivity contribution in [2.45, 2.75) is 19.3 Å². The SMILES string of the molecule is O=C(CC1CCNCC1)Nc1cncc(-c2cc3c(-c4cc5c(-c6cccc(F)c6)nccc5[nH]4)n[nH]c3cn2)c1. The molecule has 10 heteroatoms. The summed E-state index contributed by atoms with van der Waals surface area (Å²) in [4.78, 5) is 29.6. The summed E-state index contributed by atoms with van der Waals surface area (Å²) in [6, 6.07) is 14.1. The maximum Gasteiger partial charge on any atom is 0.224 e. The van der Waals surface area contributed by atoms with Crippen molar-refractivity contribution in [1.29, 1.82) is 0 Å². The first-order valence-electron chi connectivity index (χ1n) is 13.6. The highest BCUT2D eigenvalue weighted by Crippen LogP contribution is 2.34. The Morgan fingerprint density at radius 2 is 1.80 bits per heavy atom. The fourth-order valence-electron chi connectivity index (χ4n) is 5.54. The molecule has 1 saturated heterocycles. The molecule has 6 heterocycles. The molecule has 1 aliphatic heterocycles. The lowest BCUT2D eigenvalue weighted by molar-refractivity contribution is -0.117. The number of anilines is 1. The van der Waals surface area contributed by atoms with E-state index in [0.717, 1.165) is 64.7 Å². The van der Waals surface area contributed by atoms with Crippen LogP contribution in [0.1, 0.15) is 19.3 Å². The van der Waals surface area contributed by atoms with Crippen LogP contribution in [-0.4, -0.2) is 49.1 Å². The van der Waals surface area contributed by atoms with E-state index in [2.05, 4.69) is 40.8 Å². The summed E-state index contributed by atoms with van der Waals surface area (Å²) in [6.07, 6.45) is 9.37. The van der Waals surface area contributed by atoms with Crippen molar-refractivity contribution < 1.29 is 9.18 Å². The van der Waals surface area contributed by atoms with Gasteiger partial charge in [-0.15, -0.1) is 0 Å². The fourth-order valence-corrected chi connectivity index (χ4v) is 5.54. The minimum Gasteiger partial charge on any atom is -0.353 e. The Bertz CT molecular complexity index is 1890. The summed E-state index contributed by atoms with van der Waals surface area (Å²) in [5.74, 6) is 0.0962. The zero-order valence-electron chi connectivity index (χ0n) is 22.1. The highest BCUT2D eigenvalue weighted by Gasteiger charge is 2.18. The minimum absolute atomic E-state index is 0.00212. The number of H-pyrrole nitrogens is 2. The van der Waals surface area contributed by atoms with Gasteiger partial charge in [-0.05, 0) is 68.2 Å². The lowest BCUT2D eigenvalue weighted by Crippen LogP contribution is -2.30. The van der Waals surface area contributed by atoms with Gasteiger partial charge in [0.1, 0.15) is 11.5 Å². The second-order valence-corrected chi connectivity index (χ2v) is 10.4. The van der Waals surface area contributed by atoms with E-state index >= 15 is 0 Å². The van der Waals surface area contributed by atoms with E-state index in [-0.39, 0.29) is 11.7 Å². The van der Waals surface area contributed by atoms with Gasteiger partial charge in [0.15, 0.2) is 0 Å². The molecule has 7 rings (SSSR count). The Kier molecular flexibility index (Phi) is 6.44. The zero-order chi connectivity index (χ0) is 27.8. The second kappa shape index (κ2) is 10.5. The Morgan fingerprint density at radius 3 is 2.68 bits per heavy atom. The Morgan fingerprint density at radius 1 is 0.927 bits per heavy atom. The predicted octanol–water partition coefficient (Wildman–Crippen LogP) is 5.70. The number of piperidine rings is 1. The number of aromatic amines is 2. The number of carbonyl (C=O) groups excluding carboxylic acids is 1. The topological polar surface area (TPSA) is 124 Å². The number of hydrogen-bond donors (Lipinski definition) is 4. The maximum absolute atomic E-state index is 13.9. The van der Waals surface area contributed by atoms with Gasteiger partial charge >= 0.3 is 0 Å². The molecule has 9 nitrogen and oxygen atoms in total. The summed E-state index contributed by atoms with van der Waals surface area (Å²) in [7, 11) is 0. The number of halogens is 1. The van der Waals surface area contributed by atoms with Crippen LogP contribution in [0, 0.1) is 11.7 Å².